The lowest BCUT2D eigenvalue weighted by Crippen LogP contribution is -2.56. The standard InChI is InChI=1S/C18H28N4O5S/c1-3-5-16(20-18(19)24)17(23)21-10-12-22(13-11-21)28(25,26)15-8-6-14(7-9-15)27-4-2/h6-9,16H,3-5,10-13H2,1-2H3,(H3,19,20,24). The maximum Gasteiger partial charge on any atom is 0.312 e. The molecule has 1 heterocycles. The third-order valence-corrected chi connectivity index (χ3v) is 6.43. The Hall–Kier alpha value is -2.33. The first-order chi connectivity index (χ1) is 13.3. The number of primary amides is 1. The minimum absolute atomic E-state index is 0.190. The third-order valence-electron chi connectivity index (χ3n) is 4.51. The Bertz CT molecular complexity index is 774. The van der Waals surface area contributed by atoms with E-state index in [-0.39, 0.29) is 37.0 Å². The Kier molecular flexibility index (Phi) is 7.64. The second kappa shape index (κ2) is 9.74. The lowest BCUT2D eigenvalue weighted by atomic mass is 10.1. The van der Waals surface area contributed by atoms with E-state index in [1.807, 2.05) is 13.8 Å². The van der Waals surface area contributed by atoms with Crippen molar-refractivity contribution in [2.24, 2.45) is 5.73 Å². The molecule has 0 saturated carbocycles. The number of rotatable bonds is 8. The van der Waals surface area contributed by atoms with Crippen LogP contribution in [0.4, 0.5) is 4.79 Å². The number of carbonyl (C=O) groups is 2. The van der Waals surface area contributed by atoms with Crippen molar-refractivity contribution in [3.8, 4) is 5.75 Å². The third kappa shape index (κ3) is 5.35. The van der Waals surface area contributed by atoms with E-state index in [4.69, 9.17) is 10.5 Å². The molecule has 9 nitrogen and oxygen atoms in total. The van der Waals surface area contributed by atoms with Gasteiger partial charge in [-0.25, -0.2) is 13.2 Å². The van der Waals surface area contributed by atoms with Crippen molar-refractivity contribution in [1.29, 1.82) is 0 Å². The van der Waals surface area contributed by atoms with Crippen LogP contribution in [0.1, 0.15) is 26.7 Å². The molecule has 0 aliphatic carbocycles. The Balaban J connectivity index is 2.01. The summed E-state index contributed by atoms with van der Waals surface area (Å²) in [5.41, 5.74) is 5.15. The van der Waals surface area contributed by atoms with Gasteiger partial charge in [0.25, 0.3) is 0 Å². The number of nitrogens with two attached hydrogens (primary N) is 1. The number of urea groups is 1. The number of benzene rings is 1. The summed E-state index contributed by atoms with van der Waals surface area (Å²) in [4.78, 5) is 25.5. The smallest absolute Gasteiger partial charge is 0.312 e. The summed E-state index contributed by atoms with van der Waals surface area (Å²) < 4.78 is 32.3. The van der Waals surface area contributed by atoms with Gasteiger partial charge in [-0.3, -0.25) is 4.79 Å². The van der Waals surface area contributed by atoms with Crippen molar-refractivity contribution in [3.05, 3.63) is 24.3 Å². The van der Waals surface area contributed by atoms with Crippen LogP contribution in [0.15, 0.2) is 29.2 Å². The average molecular weight is 413 g/mol. The Morgan fingerprint density at radius 1 is 1.14 bits per heavy atom. The minimum Gasteiger partial charge on any atom is -0.494 e. The van der Waals surface area contributed by atoms with Crippen LogP contribution in [0.5, 0.6) is 5.75 Å². The van der Waals surface area contributed by atoms with Crippen LogP contribution in [0.3, 0.4) is 0 Å². The molecule has 2 rings (SSSR count). The summed E-state index contributed by atoms with van der Waals surface area (Å²) in [7, 11) is -3.64. The first kappa shape index (κ1) is 22.0. The number of carbonyl (C=O) groups excluding carboxylic acids is 2. The molecule has 1 aromatic rings. The summed E-state index contributed by atoms with van der Waals surface area (Å²) >= 11 is 0. The predicted molar refractivity (Wildman–Crippen MR) is 104 cm³/mol. The summed E-state index contributed by atoms with van der Waals surface area (Å²) in [5.74, 6) is 0.375. The lowest BCUT2D eigenvalue weighted by Gasteiger charge is -2.35. The highest BCUT2D eigenvalue weighted by Gasteiger charge is 2.32. The molecule has 1 aromatic carbocycles. The zero-order chi connectivity index (χ0) is 20.7. The number of hydrogen-bond donors (Lipinski definition) is 2. The molecule has 0 radical (unpaired) electrons. The van der Waals surface area contributed by atoms with Crippen molar-refractivity contribution in [2.75, 3.05) is 32.8 Å². The first-order valence-electron chi connectivity index (χ1n) is 9.37. The summed E-state index contributed by atoms with van der Waals surface area (Å²) in [6.45, 7) is 5.17. The van der Waals surface area contributed by atoms with Gasteiger partial charge in [0, 0.05) is 26.2 Å². The fourth-order valence-corrected chi connectivity index (χ4v) is 4.53. The van der Waals surface area contributed by atoms with Crippen LogP contribution >= 0.6 is 0 Å². The van der Waals surface area contributed by atoms with E-state index in [9.17, 15) is 18.0 Å². The average Bonchev–Trinajstić information content (AvgIpc) is 2.67. The topological polar surface area (TPSA) is 122 Å². The maximum absolute atomic E-state index is 12.8. The quantitative estimate of drug-likeness (QED) is 0.653. The van der Waals surface area contributed by atoms with Crippen molar-refractivity contribution >= 4 is 22.0 Å². The van der Waals surface area contributed by atoms with E-state index >= 15 is 0 Å². The molecule has 1 aliphatic heterocycles. The van der Waals surface area contributed by atoms with Gasteiger partial charge in [0.15, 0.2) is 0 Å². The van der Waals surface area contributed by atoms with E-state index in [1.54, 1.807) is 17.0 Å². The summed E-state index contributed by atoms with van der Waals surface area (Å²) in [6.07, 6.45) is 1.19. The van der Waals surface area contributed by atoms with Gasteiger partial charge in [0.2, 0.25) is 15.9 Å². The molecule has 3 amide bonds. The maximum atomic E-state index is 12.8. The van der Waals surface area contributed by atoms with Gasteiger partial charge in [-0.05, 0) is 37.6 Å². The fourth-order valence-electron chi connectivity index (χ4n) is 3.11. The summed E-state index contributed by atoms with van der Waals surface area (Å²) in [5, 5.41) is 2.46. The summed E-state index contributed by atoms with van der Waals surface area (Å²) in [6, 6.07) is 4.86. The molecule has 156 valence electrons. The molecule has 1 atom stereocenters. The molecule has 1 saturated heterocycles. The number of ether oxygens (including phenoxy) is 1. The normalized spacial score (nSPS) is 16.4. The fraction of sp³-hybridized carbons (Fsp3) is 0.556. The van der Waals surface area contributed by atoms with Crippen LogP contribution in [0.2, 0.25) is 0 Å². The highest BCUT2D eigenvalue weighted by Crippen LogP contribution is 2.21. The Morgan fingerprint density at radius 3 is 2.25 bits per heavy atom. The number of hydrogen-bond acceptors (Lipinski definition) is 5. The number of nitrogens with zero attached hydrogens (tertiary/aromatic N) is 2. The van der Waals surface area contributed by atoms with Gasteiger partial charge >= 0.3 is 6.03 Å². The van der Waals surface area contributed by atoms with Crippen LogP contribution < -0.4 is 15.8 Å². The largest absolute Gasteiger partial charge is 0.494 e. The van der Waals surface area contributed by atoms with Gasteiger partial charge in [-0.2, -0.15) is 4.31 Å². The zero-order valence-electron chi connectivity index (χ0n) is 16.3. The Labute approximate surface area is 165 Å². The van der Waals surface area contributed by atoms with Crippen LogP contribution in [0.25, 0.3) is 0 Å². The first-order valence-corrected chi connectivity index (χ1v) is 10.8. The van der Waals surface area contributed by atoms with E-state index in [0.717, 1.165) is 0 Å². The molecule has 1 aliphatic rings. The number of sulfonamides is 1. The van der Waals surface area contributed by atoms with Crippen molar-refractivity contribution < 1.29 is 22.7 Å². The van der Waals surface area contributed by atoms with Crippen LogP contribution in [-0.4, -0.2) is 68.4 Å². The van der Waals surface area contributed by atoms with Crippen molar-refractivity contribution in [3.63, 3.8) is 0 Å². The zero-order valence-corrected chi connectivity index (χ0v) is 17.1. The van der Waals surface area contributed by atoms with E-state index in [1.165, 1.54) is 16.4 Å². The number of piperazine rings is 1. The molecule has 0 spiro atoms. The molecular formula is C18H28N4O5S. The van der Waals surface area contributed by atoms with Gasteiger partial charge in [-0.1, -0.05) is 13.3 Å². The molecule has 3 N–H and O–H groups in total. The molecule has 28 heavy (non-hydrogen) atoms. The molecule has 0 aromatic heterocycles. The van der Waals surface area contributed by atoms with Crippen molar-refractivity contribution in [1.82, 2.24) is 14.5 Å². The monoisotopic (exact) mass is 412 g/mol. The molecule has 10 heteroatoms. The lowest BCUT2D eigenvalue weighted by molar-refractivity contribution is -0.134. The molecule has 0 bridgehead atoms. The highest BCUT2D eigenvalue weighted by atomic mass is 32.2. The van der Waals surface area contributed by atoms with Crippen molar-refractivity contribution in [2.45, 2.75) is 37.6 Å². The van der Waals surface area contributed by atoms with E-state index < -0.39 is 22.1 Å². The molecular weight excluding hydrogens is 384 g/mol. The minimum atomic E-state index is -3.64. The second-order valence-electron chi connectivity index (χ2n) is 6.48. The predicted octanol–water partition coefficient (Wildman–Crippen LogP) is 0.755. The second-order valence-corrected chi connectivity index (χ2v) is 8.42. The van der Waals surface area contributed by atoms with Crippen LogP contribution in [-0.2, 0) is 14.8 Å². The van der Waals surface area contributed by atoms with Gasteiger partial charge in [-0.15, -0.1) is 0 Å². The van der Waals surface area contributed by atoms with Gasteiger partial charge < -0.3 is 20.7 Å². The van der Waals surface area contributed by atoms with E-state index in [0.29, 0.717) is 25.2 Å². The molecule has 1 fully saturated rings. The number of nitrogens with one attached hydrogen (secondary N) is 1. The van der Waals surface area contributed by atoms with Crippen LogP contribution in [0, 0.1) is 0 Å². The van der Waals surface area contributed by atoms with Gasteiger partial charge in [0.05, 0.1) is 11.5 Å². The number of amides is 3. The SMILES string of the molecule is CCCC(NC(N)=O)C(=O)N1CCN(S(=O)(=O)c2ccc(OCC)cc2)CC1. The van der Waals surface area contributed by atoms with Gasteiger partial charge in [0.1, 0.15) is 11.8 Å². The molecule has 1 unspecified atom stereocenters. The van der Waals surface area contributed by atoms with E-state index in [2.05, 4.69) is 5.32 Å². The Morgan fingerprint density at radius 2 is 1.75 bits per heavy atom. The highest BCUT2D eigenvalue weighted by molar-refractivity contribution is 7.89.